The van der Waals surface area contributed by atoms with Crippen LogP contribution in [-0.2, 0) is 13.6 Å². The van der Waals surface area contributed by atoms with Gasteiger partial charge >= 0.3 is 0 Å². The Morgan fingerprint density at radius 2 is 1.95 bits per heavy atom. The summed E-state index contributed by atoms with van der Waals surface area (Å²) in [4.78, 5) is 4.65. The van der Waals surface area contributed by atoms with Gasteiger partial charge in [-0.05, 0) is 46.3 Å². The summed E-state index contributed by atoms with van der Waals surface area (Å²) in [5.74, 6) is 1.01. The van der Waals surface area contributed by atoms with E-state index in [0.29, 0.717) is 6.54 Å². The maximum atomic E-state index is 4.65. The summed E-state index contributed by atoms with van der Waals surface area (Å²) in [6.07, 6.45) is 0. The summed E-state index contributed by atoms with van der Waals surface area (Å²) < 4.78 is 4.21. The van der Waals surface area contributed by atoms with Crippen molar-refractivity contribution in [2.45, 2.75) is 6.54 Å². The molecular weight excluding hydrogens is 382 g/mol. The molecule has 5 heteroatoms. The number of para-hydroxylation sites is 2. The Bertz CT molecular complexity index is 765. The summed E-state index contributed by atoms with van der Waals surface area (Å²) in [6, 6.07) is 14.2. The van der Waals surface area contributed by atoms with Gasteiger partial charge in [-0.2, -0.15) is 0 Å². The molecule has 1 heterocycles. The lowest BCUT2D eigenvalue weighted by atomic mass is 10.3. The van der Waals surface area contributed by atoms with Crippen LogP contribution in [0.1, 0.15) is 5.82 Å². The van der Waals surface area contributed by atoms with Crippen molar-refractivity contribution in [3.05, 3.63) is 57.2 Å². The Labute approximate surface area is 134 Å². The van der Waals surface area contributed by atoms with Gasteiger partial charge in [-0.3, -0.25) is 0 Å². The van der Waals surface area contributed by atoms with Gasteiger partial charge in [0.1, 0.15) is 5.82 Å². The molecule has 1 N–H and O–H groups in total. The van der Waals surface area contributed by atoms with E-state index in [1.165, 1.54) is 0 Å². The van der Waals surface area contributed by atoms with E-state index in [1.54, 1.807) is 0 Å². The van der Waals surface area contributed by atoms with E-state index in [2.05, 4.69) is 52.8 Å². The molecule has 3 aromatic rings. The van der Waals surface area contributed by atoms with E-state index in [1.807, 2.05) is 43.4 Å². The first-order chi connectivity index (χ1) is 9.65. The smallest absolute Gasteiger partial charge is 0.128 e. The number of nitrogens with one attached hydrogen (secondary N) is 1. The third-order valence-corrected chi connectivity index (χ3v) is 4.40. The Kier molecular flexibility index (Phi) is 3.81. The van der Waals surface area contributed by atoms with E-state index < -0.39 is 0 Å². The Balaban J connectivity index is 1.85. The number of aromatic nitrogens is 2. The Morgan fingerprint density at radius 3 is 2.70 bits per heavy atom. The van der Waals surface area contributed by atoms with E-state index in [-0.39, 0.29) is 0 Å². The van der Waals surface area contributed by atoms with Crippen LogP contribution in [0.2, 0.25) is 0 Å². The zero-order valence-corrected chi connectivity index (χ0v) is 14.1. The number of aryl methyl sites for hydroxylation is 1. The summed E-state index contributed by atoms with van der Waals surface area (Å²) in [5.41, 5.74) is 3.24. The lowest BCUT2D eigenvalue weighted by Crippen LogP contribution is -2.06. The second-order valence-corrected chi connectivity index (χ2v) is 6.32. The molecule has 102 valence electrons. The Morgan fingerprint density at radius 1 is 1.15 bits per heavy atom. The van der Waals surface area contributed by atoms with Gasteiger partial charge in [0.25, 0.3) is 0 Å². The quantitative estimate of drug-likeness (QED) is 0.697. The predicted octanol–water partition coefficient (Wildman–Crippen LogP) is 4.71. The highest BCUT2D eigenvalue weighted by Crippen LogP contribution is 2.26. The minimum Gasteiger partial charge on any atom is -0.377 e. The van der Waals surface area contributed by atoms with Crippen molar-refractivity contribution in [1.29, 1.82) is 0 Å². The summed E-state index contributed by atoms with van der Waals surface area (Å²) in [5, 5.41) is 3.41. The maximum Gasteiger partial charge on any atom is 0.128 e. The van der Waals surface area contributed by atoms with Crippen LogP contribution in [0.3, 0.4) is 0 Å². The molecule has 0 unspecified atom stereocenters. The standard InChI is InChI=1S/C15H13Br2N3/c1-20-14-5-3-2-4-13(14)19-15(20)9-18-12-7-6-10(16)8-11(12)17/h2-8,18H,9H2,1H3. The molecule has 0 saturated carbocycles. The van der Waals surface area contributed by atoms with Gasteiger partial charge in [-0.15, -0.1) is 0 Å². The molecule has 2 aromatic carbocycles. The number of nitrogens with zero attached hydrogens (tertiary/aromatic N) is 2. The highest BCUT2D eigenvalue weighted by atomic mass is 79.9. The Hall–Kier alpha value is -1.33. The highest BCUT2D eigenvalue weighted by Gasteiger charge is 2.07. The largest absolute Gasteiger partial charge is 0.377 e. The molecule has 0 bridgehead atoms. The first-order valence-electron chi connectivity index (χ1n) is 6.24. The predicted molar refractivity (Wildman–Crippen MR) is 89.9 cm³/mol. The number of anilines is 1. The van der Waals surface area contributed by atoms with Gasteiger partial charge in [0, 0.05) is 21.7 Å². The van der Waals surface area contributed by atoms with Crippen LogP contribution in [-0.4, -0.2) is 9.55 Å². The minimum atomic E-state index is 0.686. The van der Waals surface area contributed by atoms with Crippen molar-refractivity contribution in [3.63, 3.8) is 0 Å². The average molecular weight is 395 g/mol. The van der Waals surface area contributed by atoms with Gasteiger partial charge in [0.15, 0.2) is 0 Å². The lowest BCUT2D eigenvalue weighted by molar-refractivity contribution is 0.834. The molecule has 0 aliphatic carbocycles. The topological polar surface area (TPSA) is 29.9 Å². The summed E-state index contributed by atoms with van der Waals surface area (Å²) in [7, 11) is 2.04. The molecule has 0 aliphatic rings. The normalized spacial score (nSPS) is 10.9. The third kappa shape index (κ3) is 2.60. The average Bonchev–Trinajstić information content (AvgIpc) is 2.75. The molecule has 0 fully saturated rings. The fourth-order valence-corrected chi connectivity index (χ4v) is 3.35. The van der Waals surface area contributed by atoms with E-state index >= 15 is 0 Å². The molecule has 3 rings (SSSR count). The van der Waals surface area contributed by atoms with Gasteiger partial charge in [-0.1, -0.05) is 28.1 Å². The summed E-state index contributed by atoms with van der Waals surface area (Å²) >= 11 is 7.01. The van der Waals surface area contributed by atoms with Crippen molar-refractivity contribution in [2.75, 3.05) is 5.32 Å². The molecule has 0 atom stereocenters. The monoisotopic (exact) mass is 393 g/mol. The van der Waals surface area contributed by atoms with Gasteiger partial charge in [0.05, 0.1) is 17.6 Å². The molecule has 0 spiro atoms. The fourth-order valence-electron chi connectivity index (χ4n) is 2.16. The number of hydrogen-bond donors (Lipinski definition) is 1. The van der Waals surface area contributed by atoms with Crippen LogP contribution in [0, 0.1) is 0 Å². The van der Waals surface area contributed by atoms with Crippen LogP contribution in [0.5, 0.6) is 0 Å². The summed E-state index contributed by atoms with van der Waals surface area (Å²) in [6.45, 7) is 0.686. The van der Waals surface area contributed by atoms with Crippen LogP contribution in [0.15, 0.2) is 51.4 Å². The van der Waals surface area contributed by atoms with Crippen molar-refractivity contribution >= 4 is 48.6 Å². The molecule has 1 aromatic heterocycles. The maximum absolute atomic E-state index is 4.65. The first-order valence-corrected chi connectivity index (χ1v) is 7.83. The van der Waals surface area contributed by atoms with Gasteiger partial charge < -0.3 is 9.88 Å². The highest BCUT2D eigenvalue weighted by molar-refractivity contribution is 9.11. The van der Waals surface area contributed by atoms with Crippen molar-refractivity contribution in [1.82, 2.24) is 9.55 Å². The van der Waals surface area contributed by atoms with E-state index in [9.17, 15) is 0 Å². The number of imidazole rings is 1. The first kappa shape index (κ1) is 13.6. The number of rotatable bonds is 3. The number of hydrogen-bond acceptors (Lipinski definition) is 2. The van der Waals surface area contributed by atoms with Crippen LogP contribution in [0.4, 0.5) is 5.69 Å². The molecular formula is C15H13Br2N3. The zero-order chi connectivity index (χ0) is 14.1. The van der Waals surface area contributed by atoms with Crippen molar-refractivity contribution < 1.29 is 0 Å². The van der Waals surface area contributed by atoms with Crippen LogP contribution < -0.4 is 5.32 Å². The fraction of sp³-hybridized carbons (Fsp3) is 0.133. The van der Waals surface area contributed by atoms with Gasteiger partial charge in [0.2, 0.25) is 0 Å². The third-order valence-electron chi connectivity index (χ3n) is 3.25. The SMILES string of the molecule is Cn1c(CNc2ccc(Br)cc2Br)nc2ccccc21. The van der Waals surface area contributed by atoms with Crippen LogP contribution in [0.25, 0.3) is 11.0 Å². The molecule has 0 amide bonds. The number of halogens is 2. The number of fused-ring (bicyclic) bond motifs is 1. The molecule has 0 radical (unpaired) electrons. The molecule has 3 nitrogen and oxygen atoms in total. The molecule has 0 saturated heterocycles. The van der Waals surface area contributed by atoms with E-state index in [0.717, 1.165) is 31.5 Å². The second kappa shape index (κ2) is 5.58. The number of benzene rings is 2. The van der Waals surface area contributed by atoms with Crippen molar-refractivity contribution in [3.8, 4) is 0 Å². The molecule has 20 heavy (non-hydrogen) atoms. The zero-order valence-electron chi connectivity index (χ0n) is 10.9. The van der Waals surface area contributed by atoms with Crippen LogP contribution >= 0.6 is 31.9 Å². The second-order valence-electron chi connectivity index (χ2n) is 4.55. The lowest BCUT2D eigenvalue weighted by Gasteiger charge is -2.09. The van der Waals surface area contributed by atoms with Crippen molar-refractivity contribution in [2.24, 2.45) is 7.05 Å². The minimum absolute atomic E-state index is 0.686. The van der Waals surface area contributed by atoms with Gasteiger partial charge in [-0.25, -0.2) is 4.98 Å². The molecule has 0 aliphatic heterocycles. The van der Waals surface area contributed by atoms with E-state index in [4.69, 9.17) is 0 Å².